The van der Waals surface area contributed by atoms with E-state index in [0.29, 0.717) is 28.8 Å². The highest BCUT2D eigenvalue weighted by Crippen LogP contribution is 2.35. The number of hydrogen-bond acceptors (Lipinski definition) is 9. The summed E-state index contributed by atoms with van der Waals surface area (Å²) in [5.41, 5.74) is 1.75. The Kier molecular flexibility index (Phi) is 6.69. The summed E-state index contributed by atoms with van der Waals surface area (Å²) in [4.78, 5) is -0.0471. The molecule has 2 aromatic heterocycles. The van der Waals surface area contributed by atoms with Crippen molar-refractivity contribution in [1.29, 1.82) is 0 Å². The number of aromatic nitrogens is 3. The molecule has 4 rings (SSSR count). The fourth-order valence-corrected chi connectivity index (χ4v) is 5.03. The molecule has 0 radical (unpaired) electrons. The Morgan fingerprint density at radius 3 is 2.49 bits per heavy atom. The second-order valence-electron chi connectivity index (χ2n) is 7.60. The molecule has 0 unspecified atom stereocenters. The molecule has 2 N–H and O–H groups in total. The molecule has 0 fully saturated rings. The summed E-state index contributed by atoms with van der Waals surface area (Å²) in [5, 5.41) is 8.49. The highest BCUT2D eigenvalue weighted by Gasteiger charge is 2.24. The van der Waals surface area contributed by atoms with E-state index in [0.717, 1.165) is 11.8 Å². The highest BCUT2D eigenvalue weighted by molar-refractivity contribution is 7.92. The van der Waals surface area contributed by atoms with Crippen LogP contribution in [0.2, 0.25) is 0 Å². The summed E-state index contributed by atoms with van der Waals surface area (Å²) in [5.74, 6) is 0.512. The van der Waals surface area contributed by atoms with E-state index in [4.69, 9.17) is 14.0 Å². The summed E-state index contributed by atoms with van der Waals surface area (Å²) in [6.45, 7) is 0.452. The van der Waals surface area contributed by atoms with Crippen LogP contribution in [0, 0.1) is 0 Å². The van der Waals surface area contributed by atoms with Crippen molar-refractivity contribution in [3.05, 3.63) is 59.9 Å². The standard InChI is InChI=1S/C21H23N5O7S2/c1-31-16-6-4-5-7-19(16)35(29,30)25-21-20-17(32-2)8-14(9-18(20)33-24-21)12-26-13-15(10-22-26)11-23-34(3,27)28/h4-10,13,23H,11-12H2,1-3H3,(H,24,25). The second-order valence-corrected chi connectivity index (χ2v) is 11.1. The third-order valence-corrected chi connectivity index (χ3v) is 7.02. The van der Waals surface area contributed by atoms with Gasteiger partial charge in [0.25, 0.3) is 10.0 Å². The lowest BCUT2D eigenvalue weighted by atomic mass is 10.1. The van der Waals surface area contributed by atoms with Gasteiger partial charge in [0.1, 0.15) is 21.8 Å². The average Bonchev–Trinajstić information content (AvgIpc) is 3.43. The Bertz CT molecular complexity index is 1580. The van der Waals surface area contributed by atoms with Gasteiger partial charge in [-0.3, -0.25) is 9.40 Å². The quantitative estimate of drug-likeness (QED) is 0.318. The number of nitrogens with zero attached hydrogens (tertiary/aromatic N) is 3. The first kappa shape index (κ1) is 24.5. The molecule has 14 heteroatoms. The van der Waals surface area contributed by atoms with Crippen LogP contribution in [0.4, 0.5) is 5.82 Å². The minimum absolute atomic E-state index is 0.0254. The molecule has 0 saturated heterocycles. The van der Waals surface area contributed by atoms with E-state index in [9.17, 15) is 16.8 Å². The fraction of sp³-hybridized carbons (Fsp3) is 0.238. The smallest absolute Gasteiger partial charge is 0.266 e. The summed E-state index contributed by atoms with van der Waals surface area (Å²) in [6.07, 6.45) is 4.36. The molecular weight excluding hydrogens is 498 g/mol. The SMILES string of the molecule is COc1ccccc1S(=O)(=O)Nc1noc2cc(Cn3cc(CNS(C)(=O)=O)cn3)cc(OC)c12. The van der Waals surface area contributed by atoms with Crippen LogP contribution in [-0.2, 0) is 33.1 Å². The highest BCUT2D eigenvalue weighted by atomic mass is 32.2. The van der Waals surface area contributed by atoms with Crippen LogP contribution in [0.5, 0.6) is 11.5 Å². The van der Waals surface area contributed by atoms with Crippen molar-refractivity contribution in [3.63, 3.8) is 0 Å². The third-order valence-electron chi connectivity index (χ3n) is 4.98. The van der Waals surface area contributed by atoms with Gasteiger partial charge in [-0.2, -0.15) is 5.10 Å². The monoisotopic (exact) mass is 521 g/mol. The van der Waals surface area contributed by atoms with Crippen LogP contribution >= 0.6 is 0 Å². The Balaban J connectivity index is 1.61. The van der Waals surface area contributed by atoms with E-state index in [1.165, 1.54) is 20.3 Å². The van der Waals surface area contributed by atoms with Gasteiger partial charge in [-0.05, 0) is 29.8 Å². The van der Waals surface area contributed by atoms with Crippen molar-refractivity contribution in [1.82, 2.24) is 19.7 Å². The molecule has 4 aromatic rings. The molecule has 2 aromatic carbocycles. The Morgan fingerprint density at radius 1 is 1.03 bits per heavy atom. The van der Waals surface area contributed by atoms with E-state index in [-0.39, 0.29) is 23.0 Å². The molecule has 0 aliphatic carbocycles. The molecule has 12 nitrogen and oxygen atoms in total. The molecule has 186 valence electrons. The maximum absolute atomic E-state index is 13.0. The predicted octanol–water partition coefficient (Wildman–Crippen LogP) is 1.94. The van der Waals surface area contributed by atoms with Crippen molar-refractivity contribution in [2.75, 3.05) is 25.2 Å². The Morgan fingerprint density at radius 2 is 1.77 bits per heavy atom. The van der Waals surface area contributed by atoms with Gasteiger partial charge in [0, 0.05) is 18.3 Å². The second kappa shape index (κ2) is 9.56. The molecule has 2 heterocycles. The van der Waals surface area contributed by atoms with Gasteiger partial charge < -0.3 is 14.0 Å². The number of anilines is 1. The number of ether oxygens (including phenoxy) is 2. The molecule has 0 aliphatic heterocycles. The molecular formula is C21H23N5O7S2. The first-order valence-corrected chi connectivity index (χ1v) is 13.5. The van der Waals surface area contributed by atoms with Crippen LogP contribution in [0.3, 0.4) is 0 Å². The lowest BCUT2D eigenvalue weighted by molar-refractivity contribution is 0.403. The van der Waals surface area contributed by atoms with Gasteiger partial charge in [-0.15, -0.1) is 0 Å². The number of nitrogens with one attached hydrogen (secondary N) is 2. The normalized spacial score (nSPS) is 12.1. The largest absolute Gasteiger partial charge is 0.496 e. The number of benzene rings is 2. The zero-order valence-electron chi connectivity index (χ0n) is 19.0. The topological polar surface area (TPSA) is 155 Å². The van der Waals surface area contributed by atoms with Crippen molar-refractivity contribution in [2.24, 2.45) is 0 Å². The van der Waals surface area contributed by atoms with Gasteiger partial charge in [-0.25, -0.2) is 21.6 Å². The van der Waals surface area contributed by atoms with Crippen LogP contribution in [0.25, 0.3) is 11.0 Å². The summed E-state index contributed by atoms with van der Waals surface area (Å²) >= 11 is 0. The lowest BCUT2D eigenvalue weighted by Gasteiger charge is -2.11. The van der Waals surface area contributed by atoms with E-state index < -0.39 is 20.0 Å². The molecule has 0 saturated carbocycles. The molecule has 0 atom stereocenters. The maximum Gasteiger partial charge on any atom is 0.266 e. The van der Waals surface area contributed by atoms with Gasteiger partial charge in [0.2, 0.25) is 10.0 Å². The van der Waals surface area contributed by atoms with Crippen LogP contribution in [-0.4, -0.2) is 52.2 Å². The molecule has 0 spiro atoms. The number of para-hydroxylation sites is 1. The van der Waals surface area contributed by atoms with E-state index in [2.05, 4.69) is 19.7 Å². The van der Waals surface area contributed by atoms with E-state index in [1.807, 2.05) is 0 Å². The molecule has 35 heavy (non-hydrogen) atoms. The lowest BCUT2D eigenvalue weighted by Crippen LogP contribution is -2.20. The van der Waals surface area contributed by atoms with Crippen LogP contribution in [0.15, 0.2) is 58.2 Å². The van der Waals surface area contributed by atoms with Crippen molar-refractivity contribution in [2.45, 2.75) is 18.0 Å². The fourth-order valence-electron chi connectivity index (χ4n) is 3.42. The average molecular weight is 522 g/mol. The van der Waals surface area contributed by atoms with Crippen molar-refractivity contribution >= 4 is 36.8 Å². The van der Waals surface area contributed by atoms with Gasteiger partial charge in [-0.1, -0.05) is 17.3 Å². The number of hydrogen-bond donors (Lipinski definition) is 2. The first-order valence-electron chi connectivity index (χ1n) is 10.2. The number of sulfonamides is 2. The maximum atomic E-state index is 13.0. The summed E-state index contributed by atoms with van der Waals surface area (Å²) < 4.78 is 71.0. The van der Waals surface area contributed by atoms with Crippen LogP contribution in [0.1, 0.15) is 11.1 Å². The first-order chi connectivity index (χ1) is 16.6. The molecule has 0 amide bonds. The summed E-state index contributed by atoms with van der Waals surface area (Å²) in [6, 6.07) is 9.63. The number of methoxy groups -OCH3 is 2. The van der Waals surface area contributed by atoms with Crippen LogP contribution < -0.4 is 18.9 Å². The van der Waals surface area contributed by atoms with Gasteiger partial charge in [0.15, 0.2) is 11.4 Å². The van der Waals surface area contributed by atoms with Crippen molar-refractivity contribution in [3.8, 4) is 11.5 Å². The van der Waals surface area contributed by atoms with E-state index in [1.54, 1.807) is 47.4 Å². The minimum atomic E-state index is -4.03. The predicted molar refractivity (Wildman–Crippen MR) is 127 cm³/mol. The van der Waals surface area contributed by atoms with Gasteiger partial charge in [0.05, 0.1) is 33.2 Å². The zero-order chi connectivity index (χ0) is 25.2. The van der Waals surface area contributed by atoms with Crippen molar-refractivity contribution < 1.29 is 30.8 Å². The number of fused-ring (bicyclic) bond motifs is 1. The Labute approximate surface area is 201 Å². The Hall–Kier alpha value is -3.62. The third kappa shape index (κ3) is 5.55. The summed E-state index contributed by atoms with van der Waals surface area (Å²) in [7, 11) is -4.51. The van der Waals surface area contributed by atoms with E-state index >= 15 is 0 Å². The van der Waals surface area contributed by atoms with Gasteiger partial charge >= 0.3 is 0 Å². The molecule has 0 bridgehead atoms. The number of rotatable bonds is 10. The minimum Gasteiger partial charge on any atom is -0.496 e. The zero-order valence-corrected chi connectivity index (χ0v) is 20.7. The molecule has 0 aliphatic rings.